The lowest BCUT2D eigenvalue weighted by Crippen LogP contribution is -2.44. The summed E-state index contributed by atoms with van der Waals surface area (Å²) in [5.74, 6) is 0.501. The zero-order valence-corrected chi connectivity index (χ0v) is 16.8. The van der Waals surface area contributed by atoms with Gasteiger partial charge in [0.1, 0.15) is 0 Å². The summed E-state index contributed by atoms with van der Waals surface area (Å²) in [6.45, 7) is 23.6. The molecule has 3 nitrogen and oxygen atoms in total. The molecule has 0 heterocycles. The van der Waals surface area contributed by atoms with Gasteiger partial charge in [0.15, 0.2) is 14.2 Å². The van der Waals surface area contributed by atoms with E-state index in [1.54, 1.807) is 0 Å². The van der Waals surface area contributed by atoms with Crippen LogP contribution in [-0.4, -0.2) is 29.0 Å². The van der Waals surface area contributed by atoms with Crippen molar-refractivity contribution < 1.29 is 8.85 Å². The fourth-order valence-electron chi connectivity index (χ4n) is 1.32. The summed E-state index contributed by atoms with van der Waals surface area (Å²) in [6, 6.07) is 0. The molecule has 0 saturated carbocycles. The lowest BCUT2D eigenvalue weighted by molar-refractivity contribution is 0.241. The van der Waals surface area contributed by atoms with Crippen LogP contribution in [0.1, 0.15) is 34.1 Å². The van der Waals surface area contributed by atoms with Crippen molar-refractivity contribution in [1.29, 1.82) is 0 Å². The lowest BCUT2D eigenvalue weighted by Gasteiger charge is -2.38. The Morgan fingerprint density at radius 3 is 2.05 bits per heavy atom. The van der Waals surface area contributed by atoms with Gasteiger partial charge < -0.3 is 8.85 Å². The Morgan fingerprint density at radius 2 is 1.70 bits per heavy atom. The minimum absolute atomic E-state index is 0.0397. The lowest BCUT2D eigenvalue weighted by atomic mass is 10.2. The molecule has 0 aliphatic rings. The van der Waals surface area contributed by atoms with E-state index >= 15 is 0 Å². The highest BCUT2D eigenvalue weighted by Crippen LogP contribution is 2.37. The Kier molecular flexibility index (Phi) is 6.91. The van der Waals surface area contributed by atoms with Gasteiger partial charge in [0, 0.05) is 6.21 Å². The van der Waals surface area contributed by atoms with Crippen LogP contribution in [0.4, 0.5) is 0 Å². The van der Waals surface area contributed by atoms with Crippen molar-refractivity contribution in [1.82, 2.24) is 0 Å². The predicted molar refractivity (Wildman–Crippen MR) is 94.4 cm³/mol. The summed E-state index contributed by atoms with van der Waals surface area (Å²) >= 11 is 0. The maximum Gasteiger partial charge on any atom is 0.244 e. The normalized spacial score (nSPS) is 15.4. The van der Waals surface area contributed by atoms with Crippen LogP contribution >= 0.6 is 0 Å². The molecule has 0 saturated heterocycles. The third-order valence-corrected chi connectivity index (χ3v) is 8.82. The van der Waals surface area contributed by atoms with Crippen LogP contribution < -0.4 is 0 Å². The van der Waals surface area contributed by atoms with Gasteiger partial charge in [-0.25, -0.2) is 4.99 Å². The number of hydrogen-bond donors (Lipinski definition) is 0. The third-order valence-electron chi connectivity index (χ3n) is 3.46. The van der Waals surface area contributed by atoms with Gasteiger partial charge in [0.05, 0.1) is 6.10 Å². The number of nitrogens with zero attached hydrogens (tertiary/aromatic N) is 1. The van der Waals surface area contributed by atoms with Crippen LogP contribution in [0.25, 0.3) is 0 Å². The number of aliphatic imine (C=N–C) groups is 1. The first-order valence-electron chi connectivity index (χ1n) is 7.38. The number of hydrogen-bond acceptors (Lipinski definition) is 3. The summed E-state index contributed by atoms with van der Waals surface area (Å²) < 4.78 is 12.1. The van der Waals surface area contributed by atoms with Crippen LogP contribution in [-0.2, 0) is 8.85 Å². The quantitative estimate of drug-likeness (QED) is 0.368. The topological polar surface area (TPSA) is 30.8 Å². The van der Waals surface area contributed by atoms with Crippen molar-refractivity contribution in [3.8, 4) is 0 Å². The van der Waals surface area contributed by atoms with Crippen LogP contribution in [0.5, 0.6) is 0 Å². The van der Waals surface area contributed by atoms with E-state index in [1.165, 1.54) is 0 Å². The zero-order valence-electron chi connectivity index (χ0n) is 14.8. The van der Waals surface area contributed by atoms with Gasteiger partial charge in [-0.3, -0.25) is 0 Å². The molecule has 20 heavy (non-hydrogen) atoms. The monoisotopic (exact) mass is 315 g/mol. The van der Waals surface area contributed by atoms with Crippen LogP contribution in [0.15, 0.2) is 17.5 Å². The van der Waals surface area contributed by atoms with Crippen molar-refractivity contribution in [3.05, 3.63) is 12.5 Å². The Labute approximate surface area is 127 Å². The summed E-state index contributed by atoms with van der Waals surface area (Å²) in [4.78, 5) is 4.34. The molecule has 0 N–H and O–H groups in total. The summed E-state index contributed by atoms with van der Waals surface area (Å²) in [5.41, 5.74) is 0. The molecule has 118 valence electrons. The fourth-order valence-corrected chi connectivity index (χ4v) is 3.42. The second-order valence-electron chi connectivity index (χ2n) is 7.71. The van der Waals surface area contributed by atoms with Gasteiger partial charge in [0.25, 0.3) is 0 Å². The minimum Gasteiger partial charge on any atom is -0.532 e. The first-order chi connectivity index (χ1) is 8.78. The van der Waals surface area contributed by atoms with Crippen LogP contribution in [0, 0.1) is 0 Å². The smallest absolute Gasteiger partial charge is 0.244 e. The molecule has 0 aromatic rings. The second kappa shape index (κ2) is 7.05. The summed E-state index contributed by atoms with van der Waals surface area (Å²) in [7, 11) is -3.39. The van der Waals surface area contributed by atoms with Gasteiger partial charge in [0.2, 0.25) is 8.32 Å². The summed E-state index contributed by atoms with van der Waals surface area (Å²) in [6.07, 6.45) is 2.80. The molecule has 0 aromatic carbocycles. The molecule has 0 aliphatic carbocycles. The van der Waals surface area contributed by atoms with E-state index in [0.29, 0.717) is 5.88 Å². The Hall–Kier alpha value is -0.396. The molecular formula is C15H33NO2Si2. The average Bonchev–Trinajstić information content (AvgIpc) is 2.19. The molecule has 5 heteroatoms. The van der Waals surface area contributed by atoms with Crippen molar-refractivity contribution in [2.24, 2.45) is 4.99 Å². The number of rotatable bonds is 7. The third kappa shape index (κ3) is 7.40. The average molecular weight is 316 g/mol. The Bertz CT molecular complexity index is 352. The Balaban J connectivity index is 4.69. The molecule has 0 fully saturated rings. The maximum atomic E-state index is 6.34. The highest BCUT2D eigenvalue weighted by atomic mass is 28.4. The highest BCUT2D eigenvalue weighted by molar-refractivity contribution is 6.74. The zero-order chi connectivity index (χ0) is 16.2. The summed E-state index contributed by atoms with van der Waals surface area (Å²) in [5, 5.41) is 0.208. The molecule has 1 atom stereocenters. The van der Waals surface area contributed by atoms with Crippen molar-refractivity contribution in [2.75, 3.05) is 0 Å². The highest BCUT2D eigenvalue weighted by Gasteiger charge is 2.38. The van der Waals surface area contributed by atoms with E-state index in [-0.39, 0.29) is 11.1 Å². The SMILES string of the molecule is C=C(/N=C/[C@H](CC)O[Si](C)(C)C(C)(C)C)O[Si](C)(C)C. The molecule has 0 aliphatic heterocycles. The van der Waals surface area contributed by atoms with E-state index in [0.717, 1.165) is 6.42 Å². The van der Waals surface area contributed by atoms with E-state index in [2.05, 4.69) is 72.0 Å². The molecule has 0 aromatic heterocycles. The van der Waals surface area contributed by atoms with E-state index < -0.39 is 16.6 Å². The van der Waals surface area contributed by atoms with Gasteiger partial charge >= 0.3 is 0 Å². The van der Waals surface area contributed by atoms with E-state index in [4.69, 9.17) is 8.85 Å². The molecule has 0 rings (SSSR count). The standard InChI is InChI=1S/C15H33NO2Si2/c1-11-14(18-20(9,10)15(3,4)5)12-16-13(2)17-19(6,7)8/h12,14H,2,11H2,1,3-10H3/b16-12+/t14-/m0/s1. The maximum absolute atomic E-state index is 6.34. The predicted octanol–water partition coefficient (Wildman–Crippen LogP) is 5.18. The van der Waals surface area contributed by atoms with Gasteiger partial charge in [-0.05, 0) is 50.8 Å². The largest absolute Gasteiger partial charge is 0.532 e. The van der Waals surface area contributed by atoms with E-state index in [1.807, 2.05) is 6.21 Å². The second-order valence-corrected chi connectivity index (χ2v) is 16.9. The minimum atomic E-state index is -1.76. The first kappa shape index (κ1) is 19.6. The van der Waals surface area contributed by atoms with Gasteiger partial charge in [-0.2, -0.15) is 0 Å². The molecule has 0 amide bonds. The van der Waals surface area contributed by atoms with Crippen LogP contribution in [0.2, 0.25) is 37.8 Å². The van der Waals surface area contributed by atoms with E-state index in [9.17, 15) is 0 Å². The molecule has 0 bridgehead atoms. The molecule has 0 radical (unpaired) electrons. The van der Waals surface area contributed by atoms with Crippen molar-refractivity contribution in [2.45, 2.75) is 78.0 Å². The van der Waals surface area contributed by atoms with Gasteiger partial charge in [-0.15, -0.1) is 0 Å². The Morgan fingerprint density at radius 1 is 1.20 bits per heavy atom. The molecular weight excluding hydrogens is 282 g/mol. The molecule has 0 unspecified atom stereocenters. The molecule has 0 spiro atoms. The van der Waals surface area contributed by atoms with Gasteiger partial charge in [-0.1, -0.05) is 27.7 Å². The first-order valence-corrected chi connectivity index (χ1v) is 13.7. The van der Waals surface area contributed by atoms with Crippen molar-refractivity contribution >= 4 is 22.8 Å². The fraction of sp³-hybridized carbons (Fsp3) is 0.800. The van der Waals surface area contributed by atoms with Crippen molar-refractivity contribution in [3.63, 3.8) is 0 Å². The van der Waals surface area contributed by atoms with Crippen LogP contribution in [0.3, 0.4) is 0 Å².